The summed E-state index contributed by atoms with van der Waals surface area (Å²) in [5, 5.41) is 0. The maximum Gasteiger partial charge on any atom is 0.213 e. The Morgan fingerprint density at radius 3 is 2.79 bits per heavy atom. The van der Waals surface area contributed by atoms with Crippen LogP contribution in [0.1, 0.15) is 36.8 Å². The first-order chi connectivity index (χ1) is 14.0. The van der Waals surface area contributed by atoms with Crippen LogP contribution in [0.15, 0.2) is 24.4 Å². The highest BCUT2D eigenvalue weighted by molar-refractivity contribution is 5.82. The van der Waals surface area contributed by atoms with Crippen molar-refractivity contribution in [2.45, 2.75) is 39.5 Å². The number of piperidine rings is 1. The van der Waals surface area contributed by atoms with Crippen molar-refractivity contribution in [3.8, 4) is 17.3 Å². The van der Waals surface area contributed by atoms with E-state index in [0.29, 0.717) is 29.4 Å². The fraction of sp³-hybridized carbons (Fsp3) is 0.478. The first kappa shape index (κ1) is 19.8. The van der Waals surface area contributed by atoms with Gasteiger partial charge in [0.05, 0.1) is 17.6 Å². The average molecular weight is 397 g/mol. The lowest BCUT2D eigenvalue weighted by molar-refractivity contribution is 0.199. The molecule has 1 saturated heterocycles. The van der Waals surface area contributed by atoms with Crippen molar-refractivity contribution in [2.24, 2.45) is 5.92 Å². The lowest BCUT2D eigenvalue weighted by Gasteiger charge is -2.28. The summed E-state index contributed by atoms with van der Waals surface area (Å²) < 4.78 is 19.7. The number of ether oxygens (including phenoxy) is 1. The van der Waals surface area contributed by atoms with Gasteiger partial charge in [0, 0.05) is 23.4 Å². The van der Waals surface area contributed by atoms with Crippen molar-refractivity contribution in [3.63, 3.8) is 0 Å². The Labute approximate surface area is 171 Å². The average Bonchev–Trinajstić information content (AvgIpc) is 3.14. The third-order valence-electron chi connectivity index (χ3n) is 6.03. The summed E-state index contributed by atoms with van der Waals surface area (Å²) in [4.78, 5) is 14.7. The Balaban J connectivity index is 1.37. The van der Waals surface area contributed by atoms with Crippen molar-refractivity contribution < 1.29 is 9.13 Å². The molecule has 3 heterocycles. The normalized spacial score (nSPS) is 15.9. The number of imidazole rings is 1. The molecule has 1 aliphatic rings. The molecule has 3 aromatic rings. The Kier molecular flexibility index (Phi) is 5.81. The number of hydrogen-bond donors (Lipinski definition) is 1. The Morgan fingerprint density at radius 2 is 2.03 bits per heavy atom. The van der Waals surface area contributed by atoms with Gasteiger partial charge in [-0.05, 0) is 83.3 Å². The SMILES string of the molecule is Cc1cc(OCCCC2CCN(C)CC2)ncc1-c1nc2c(C)c(F)ccc2[nH]1. The number of halogens is 1. The minimum atomic E-state index is -0.241. The van der Waals surface area contributed by atoms with E-state index >= 15 is 0 Å². The molecule has 0 unspecified atom stereocenters. The molecule has 6 heteroatoms. The van der Waals surface area contributed by atoms with Gasteiger partial charge < -0.3 is 14.6 Å². The number of nitrogens with one attached hydrogen (secondary N) is 1. The number of aromatic nitrogens is 3. The molecule has 0 amide bonds. The lowest BCUT2D eigenvalue weighted by atomic mass is 9.93. The fourth-order valence-corrected chi connectivity index (χ4v) is 4.07. The molecule has 154 valence electrons. The molecule has 1 N–H and O–H groups in total. The van der Waals surface area contributed by atoms with Gasteiger partial charge in [-0.3, -0.25) is 0 Å². The second-order valence-electron chi connectivity index (χ2n) is 8.23. The van der Waals surface area contributed by atoms with E-state index in [-0.39, 0.29) is 5.82 Å². The van der Waals surface area contributed by atoms with E-state index in [4.69, 9.17) is 4.74 Å². The second-order valence-corrected chi connectivity index (χ2v) is 8.23. The van der Waals surface area contributed by atoms with Gasteiger partial charge in [0.15, 0.2) is 0 Å². The second kappa shape index (κ2) is 8.49. The van der Waals surface area contributed by atoms with Crippen LogP contribution in [0.4, 0.5) is 4.39 Å². The molecule has 0 bridgehead atoms. The van der Waals surface area contributed by atoms with Crippen molar-refractivity contribution in [1.29, 1.82) is 0 Å². The molecule has 0 radical (unpaired) electrons. The molecule has 4 rings (SSSR count). The molecule has 1 aromatic carbocycles. The third-order valence-corrected chi connectivity index (χ3v) is 6.03. The number of H-pyrrole nitrogens is 1. The molecule has 1 fully saturated rings. The number of nitrogens with zero attached hydrogens (tertiary/aromatic N) is 3. The van der Waals surface area contributed by atoms with E-state index in [0.717, 1.165) is 29.0 Å². The molecule has 0 spiro atoms. The number of rotatable bonds is 6. The monoisotopic (exact) mass is 396 g/mol. The summed E-state index contributed by atoms with van der Waals surface area (Å²) in [7, 11) is 2.20. The van der Waals surface area contributed by atoms with Gasteiger partial charge in [0.1, 0.15) is 11.6 Å². The molecular weight excluding hydrogens is 367 g/mol. The van der Waals surface area contributed by atoms with E-state index < -0.39 is 0 Å². The molecule has 2 aromatic heterocycles. The van der Waals surface area contributed by atoms with Crippen LogP contribution < -0.4 is 4.74 Å². The van der Waals surface area contributed by atoms with Gasteiger partial charge in [0.25, 0.3) is 0 Å². The highest BCUT2D eigenvalue weighted by atomic mass is 19.1. The summed E-state index contributed by atoms with van der Waals surface area (Å²) in [6.45, 7) is 6.88. The molecular formula is C23H29FN4O. The zero-order chi connectivity index (χ0) is 20.4. The Morgan fingerprint density at radius 1 is 1.24 bits per heavy atom. The number of aryl methyl sites for hydroxylation is 2. The van der Waals surface area contributed by atoms with Gasteiger partial charge in [-0.2, -0.15) is 0 Å². The van der Waals surface area contributed by atoms with Crippen LogP contribution in [0.5, 0.6) is 5.88 Å². The number of aromatic amines is 1. The van der Waals surface area contributed by atoms with Crippen LogP contribution in [0, 0.1) is 25.6 Å². The predicted molar refractivity (Wildman–Crippen MR) is 114 cm³/mol. The summed E-state index contributed by atoms with van der Waals surface area (Å²) in [6.07, 6.45) is 6.66. The molecule has 0 aliphatic carbocycles. The Hall–Kier alpha value is -2.47. The largest absolute Gasteiger partial charge is 0.478 e. The number of fused-ring (bicyclic) bond motifs is 1. The van der Waals surface area contributed by atoms with Crippen LogP contribution in [0.25, 0.3) is 22.4 Å². The smallest absolute Gasteiger partial charge is 0.213 e. The van der Waals surface area contributed by atoms with Gasteiger partial charge >= 0.3 is 0 Å². The van der Waals surface area contributed by atoms with Crippen molar-refractivity contribution >= 4 is 11.0 Å². The first-order valence-corrected chi connectivity index (χ1v) is 10.4. The number of benzene rings is 1. The summed E-state index contributed by atoms with van der Waals surface area (Å²) >= 11 is 0. The third kappa shape index (κ3) is 4.42. The minimum Gasteiger partial charge on any atom is -0.478 e. The van der Waals surface area contributed by atoms with Crippen LogP contribution >= 0.6 is 0 Å². The highest BCUT2D eigenvalue weighted by Gasteiger charge is 2.16. The zero-order valence-electron chi connectivity index (χ0n) is 17.5. The first-order valence-electron chi connectivity index (χ1n) is 10.4. The highest BCUT2D eigenvalue weighted by Crippen LogP contribution is 2.27. The van der Waals surface area contributed by atoms with Crippen molar-refractivity contribution in [1.82, 2.24) is 19.9 Å². The molecule has 0 saturated carbocycles. The maximum atomic E-state index is 13.8. The number of pyridine rings is 1. The van der Waals surface area contributed by atoms with E-state index in [9.17, 15) is 4.39 Å². The van der Waals surface area contributed by atoms with Gasteiger partial charge in [-0.15, -0.1) is 0 Å². The van der Waals surface area contributed by atoms with Crippen LogP contribution in [-0.2, 0) is 0 Å². The van der Waals surface area contributed by atoms with Gasteiger partial charge in [0.2, 0.25) is 5.88 Å². The van der Waals surface area contributed by atoms with Gasteiger partial charge in [-0.1, -0.05) is 0 Å². The summed E-state index contributed by atoms with van der Waals surface area (Å²) in [6, 6.07) is 5.14. The quantitative estimate of drug-likeness (QED) is 0.603. The van der Waals surface area contributed by atoms with E-state index in [1.807, 2.05) is 13.0 Å². The minimum absolute atomic E-state index is 0.241. The lowest BCUT2D eigenvalue weighted by Crippen LogP contribution is -2.30. The fourth-order valence-electron chi connectivity index (χ4n) is 4.07. The topological polar surface area (TPSA) is 54.0 Å². The zero-order valence-corrected chi connectivity index (χ0v) is 17.5. The van der Waals surface area contributed by atoms with Crippen LogP contribution in [-0.4, -0.2) is 46.6 Å². The summed E-state index contributed by atoms with van der Waals surface area (Å²) in [5.74, 6) is 1.93. The van der Waals surface area contributed by atoms with Crippen LogP contribution in [0.2, 0.25) is 0 Å². The molecule has 29 heavy (non-hydrogen) atoms. The number of hydrogen-bond acceptors (Lipinski definition) is 4. The molecule has 0 atom stereocenters. The Bertz CT molecular complexity index is 992. The van der Waals surface area contributed by atoms with Crippen LogP contribution in [0.3, 0.4) is 0 Å². The molecule has 5 nitrogen and oxygen atoms in total. The maximum absolute atomic E-state index is 13.8. The standard InChI is InChI=1S/C23H29FN4O/c1-15-13-21(29-12-4-5-17-8-10-28(3)11-9-17)25-14-18(15)23-26-20-7-6-19(24)16(2)22(20)27-23/h6-7,13-14,17H,4-5,8-12H2,1-3H3,(H,26,27). The van der Waals surface area contributed by atoms with E-state index in [2.05, 4.69) is 26.9 Å². The van der Waals surface area contributed by atoms with Crippen molar-refractivity contribution in [3.05, 3.63) is 41.3 Å². The summed E-state index contributed by atoms with van der Waals surface area (Å²) in [5.41, 5.74) is 3.98. The predicted octanol–water partition coefficient (Wildman–Crippen LogP) is 4.88. The van der Waals surface area contributed by atoms with E-state index in [1.54, 1.807) is 19.2 Å². The number of likely N-dealkylation sites (tertiary alicyclic amines) is 1. The van der Waals surface area contributed by atoms with Crippen molar-refractivity contribution in [2.75, 3.05) is 26.7 Å². The van der Waals surface area contributed by atoms with E-state index in [1.165, 1.54) is 38.4 Å². The molecule has 1 aliphatic heterocycles. The van der Waals surface area contributed by atoms with Gasteiger partial charge in [-0.25, -0.2) is 14.4 Å².